The highest BCUT2D eigenvalue weighted by Crippen LogP contribution is 2.25. The molecule has 0 amide bonds. The molecule has 0 atom stereocenters. The third-order valence-electron chi connectivity index (χ3n) is 3.11. The Labute approximate surface area is 142 Å². The maximum atomic E-state index is 13.1. The Hall–Kier alpha value is -2.04. The maximum absolute atomic E-state index is 13.1. The van der Waals surface area contributed by atoms with E-state index in [4.69, 9.17) is 0 Å². The van der Waals surface area contributed by atoms with Crippen molar-refractivity contribution in [2.45, 2.75) is 5.03 Å². The number of fused-ring (bicyclic) bond motifs is 1. The second-order valence-electron chi connectivity index (χ2n) is 4.96. The van der Waals surface area contributed by atoms with Crippen molar-refractivity contribution in [1.29, 1.82) is 0 Å². The van der Waals surface area contributed by atoms with Crippen LogP contribution in [-0.4, -0.2) is 46.7 Å². The van der Waals surface area contributed by atoms with Gasteiger partial charge in [0.25, 0.3) is 0 Å². The van der Waals surface area contributed by atoms with Crippen molar-refractivity contribution in [1.82, 2.24) is 24.5 Å². The number of nitrogens with one attached hydrogen (secondary N) is 1. The number of thioether (sulfide) groups is 1. The maximum Gasteiger partial charge on any atom is 0.208 e. The molecule has 2 heterocycles. The van der Waals surface area contributed by atoms with Crippen molar-refractivity contribution < 1.29 is 12.8 Å². The summed E-state index contributed by atoms with van der Waals surface area (Å²) in [6.45, 7) is 0.307. The van der Waals surface area contributed by atoms with E-state index in [9.17, 15) is 12.8 Å². The molecule has 0 saturated carbocycles. The van der Waals surface area contributed by atoms with Gasteiger partial charge in [0.2, 0.25) is 10.0 Å². The summed E-state index contributed by atoms with van der Waals surface area (Å²) in [5, 5.41) is 5.76. The van der Waals surface area contributed by atoms with Gasteiger partial charge in [-0.1, -0.05) is 0 Å². The quantitative estimate of drug-likeness (QED) is 0.404. The van der Waals surface area contributed by atoms with Gasteiger partial charge in [0.05, 0.1) is 23.5 Å². The highest BCUT2D eigenvalue weighted by atomic mass is 32.2. The number of rotatable bonds is 6. The third-order valence-corrected chi connectivity index (χ3v) is 4.84. The average Bonchev–Trinajstić information content (AvgIpc) is 2.96. The van der Waals surface area contributed by atoms with Crippen LogP contribution in [0.4, 0.5) is 4.39 Å². The molecule has 0 unspecified atom stereocenters. The topological polar surface area (TPSA) is 89.8 Å². The summed E-state index contributed by atoms with van der Waals surface area (Å²) in [5.74, 6) is 0.209. The van der Waals surface area contributed by atoms with Gasteiger partial charge < -0.3 is 0 Å². The fourth-order valence-corrected chi connectivity index (χ4v) is 3.50. The van der Waals surface area contributed by atoms with E-state index in [0.29, 0.717) is 28.7 Å². The zero-order valence-electron chi connectivity index (χ0n) is 12.7. The second-order valence-corrected chi connectivity index (χ2v) is 7.88. The van der Waals surface area contributed by atoms with Crippen LogP contribution in [0.15, 0.2) is 41.8 Å². The Balaban J connectivity index is 1.83. The smallest absolute Gasteiger partial charge is 0.208 e. The SMILES string of the molecule is CS(=O)(=O)NCCSc1ncnc2c1cnn2-c1ccc(F)cc1. The van der Waals surface area contributed by atoms with Crippen molar-refractivity contribution in [2.24, 2.45) is 0 Å². The van der Waals surface area contributed by atoms with E-state index >= 15 is 0 Å². The first-order chi connectivity index (χ1) is 11.4. The monoisotopic (exact) mass is 367 g/mol. The van der Waals surface area contributed by atoms with E-state index in [0.717, 1.165) is 11.6 Å². The lowest BCUT2D eigenvalue weighted by molar-refractivity contribution is 0.590. The minimum atomic E-state index is -3.20. The molecule has 0 saturated heterocycles. The lowest BCUT2D eigenvalue weighted by Crippen LogP contribution is -2.24. The van der Waals surface area contributed by atoms with Crippen LogP contribution in [0.3, 0.4) is 0 Å². The fourth-order valence-electron chi connectivity index (χ4n) is 2.08. The molecule has 7 nitrogen and oxygen atoms in total. The number of nitrogens with zero attached hydrogens (tertiary/aromatic N) is 4. The van der Waals surface area contributed by atoms with Crippen molar-refractivity contribution in [3.05, 3.63) is 42.6 Å². The molecule has 10 heteroatoms. The summed E-state index contributed by atoms with van der Waals surface area (Å²) in [6, 6.07) is 5.95. The number of hydrogen-bond acceptors (Lipinski definition) is 6. The molecule has 2 aromatic heterocycles. The van der Waals surface area contributed by atoms with Gasteiger partial charge in [-0.05, 0) is 24.3 Å². The minimum Gasteiger partial charge on any atom is -0.229 e. The highest BCUT2D eigenvalue weighted by Gasteiger charge is 2.11. The molecule has 0 aliphatic carbocycles. The van der Waals surface area contributed by atoms with Gasteiger partial charge in [-0.3, -0.25) is 0 Å². The summed E-state index contributed by atoms with van der Waals surface area (Å²) >= 11 is 1.41. The molecule has 0 bridgehead atoms. The van der Waals surface area contributed by atoms with Crippen LogP contribution in [-0.2, 0) is 10.0 Å². The average molecular weight is 367 g/mol. The molecule has 0 spiro atoms. The summed E-state index contributed by atoms with van der Waals surface area (Å²) in [4.78, 5) is 8.46. The van der Waals surface area contributed by atoms with Crippen molar-refractivity contribution >= 4 is 32.8 Å². The normalized spacial score (nSPS) is 11.9. The summed E-state index contributed by atoms with van der Waals surface area (Å²) in [5.41, 5.74) is 1.30. The molecule has 3 aromatic rings. The van der Waals surface area contributed by atoms with Crippen LogP contribution in [0.1, 0.15) is 0 Å². The van der Waals surface area contributed by atoms with E-state index < -0.39 is 10.0 Å². The van der Waals surface area contributed by atoms with E-state index in [2.05, 4.69) is 19.8 Å². The van der Waals surface area contributed by atoms with Crippen LogP contribution in [0.5, 0.6) is 0 Å². The van der Waals surface area contributed by atoms with Crippen molar-refractivity contribution in [2.75, 3.05) is 18.6 Å². The molecule has 0 aliphatic heterocycles. The first-order valence-electron chi connectivity index (χ1n) is 6.96. The molecule has 0 radical (unpaired) electrons. The highest BCUT2D eigenvalue weighted by molar-refractivity contribution is 7.99. The lowest BCUT2D eigenvalue weighted by atomic mass is 10.3. The molecule has 24 heavy (non-hydrogen) atoms. The predicted octanol–water partition coefficient (Wildman–Crippen LogP) is 1.60. The Morgan fingerprint density at radius 2 is 2.00 bits per heavy atom. The van der Waals surface area contributed by atoms with Crippen molar-refractivity contribution in [3.63, 3.8) is 0 Å². The Morgan fingerprint density at radius 1 is 1.25 bits per heavy atom. The summed E-state index contributed by atoms with van der Waals surface area (Å²) in [7, 11) is -3.20. The standard InChI is InChI=1S/C14H14FN5O2S2/c1-24(21,22)19-6-7-23-14-12-8-18-20(13(12)16-9-17-14)11-4-2-10(15)3-5-11/h2-5,8-9,19H,6-7H2,1H3. The summed E-state index contributed by atoms with van der Waals surface area (Å²) in [6.07, 6.45) is 4.19. The van der Waals surface area contributed by atoms with Crippen LogP contribution in [0.25, 0.3) is 16.7 Å². The molecule has 0 fully saturated rings. The van der Waals surface area contributed by atoms with Gasteiger partial charge in [0, 0.05) is 12.3 Å². The largest absolute Gasteiger partial charge is 0.229 e. The molecule has 1 N–H and O–H groups in total. The molecular formula is C14H14FN5O2S2. The number of benzene rings is 1. The second kappa shape index (κ2) is 6.83. The van der Waals surface area contributed by atoms with Crippen LogP contribution >= 0.6 is 11.8 Å². The first-order valence-corrected chi connectivity index (χ1v) is 9.84. The van der Waals surface area contributed by atoms with Gasteiger partial charge in [0.1, 0.15) is 17.2 Å². The van der Waals surface area contributed by atoms with Crippen molar-refractivity contribution in [3.8, 4) is 5.69 Å². The molecule has 3 rings (SSSR count). The Morgan fingerprint density at radius 3 is 2.71 bits per heavy atom. The van der Waals surface area contributed by atoms with Crippen LogP contribution < -0.4 is 4.72 Å². The Bertz CT molecular complexity index is 957. The molecule has 0 aliphatic rings. The van der Waals surface area contributed by atoms with Gasteiger partial charge in [-0.2, -0.15) is 5.10 Å². The lowest BCUT2D eigenvalue weighted by Gasteiger charge is -2.04. The molecular weight excluding hydrogens is 353 g/mol. The van der Waals surface area contributed by atoms with Gasteiger partial charge in [-0.25, -0.2) is 32.2 Å². The molecule has 126 valence electrons. The van der Waals surface area contributed by atoms with Gasteiger partial charge in [0.15, 0.2) is 5.65 Å². The van der Waals surface area contributed by atoms with Crippen LogP contribution in [0.2, 0.25) is 0 Å². The molecule has 1 aromatic carbocycles. The fraction of sp³-hybridized carbons (Fsp3) is 0.214. The van der Waals surface area contributed by atoms with E-state index in [-0.39, 0.29) is 5.82 Å². The number of sulfonamides is 1. The zero-order valence-corrected chi connectivity index (χ0v) is 14.3. The van der Waals surface area contributed by atoms with E-state index in [1.165, 1.54) is 30.2 Å². The number of aromatic nitrogens is 4. The third kappa shape index (κ3) is 3.89. The minimum absolute atomic E-state index is 0.307. The van der Waals surface area contributed by atoms with E-state index in [1.807, 2.05) is 0 Å². The number of hydrogen-bond donors (Lipinski definition) is 1. The summed E-state index contributed by atoms with van der Waals surface area (Å²) < 4.78 is 39.2. The first kappa shape index (κ1) is 16.8. The van der Waals surface area contributed by atoms with E-state index in [1.54, 1.807) is 23.0 Å². The van der Waals surface area contributed by atoms with Crippen LogP contribution in [0, 0.1) is 5.82 Å². The Kier molecular flexibility index (Phi) is 4.78. The zero-order chi connectivity index (χ0) is 17.2. The number of halogens is 1. The predicted molar refractivity (Wildman–Crippen MR) is 90.2 cm³/mol. The van der Waals surface area contributed by atoms with Gasteiger partial charge >= 0.3 is 0 Å². The van der Waals surface area contributed by atoms with Gasteiger partial charge in [-0.15, -0.1) is 11.8 Å².